The highest BCUT2D eigenvalue weighted by Gasteiger charge is 2.30. The zero-order valence-corrected chi connectivity index (χ0v) is 37.4. The highest BCUT2D eigenvalue weighted by Crippen LogP contribution is 2.35. The van der Waals surface area contributed by atoms with Crippen molar-refractivity contribution in [3.05, 3.63) is 111 Å². The number of likely N-dealkylation sites (tertiary alicyclic amines) is 1. The van der Waals surface area contributed by atoms with Crippen LogP contribution in [-0.4, -0.2) is 110 Å². The average molecular weight is 857 g/mol. The second-order valence-corrected chi connectivity index (χ2v) is 17.8. The van der Waals surface area contributed by atoms with Gasteiger partial charge < -0.3 is 30.2 Å². The van der Waals surface area contributed by atoms with Gasteiger partial charge in [0.25, 0.3) is 11.5 Å². The maximum Gasteiger partial charge on any atom is 0.253 e. The SMILES string of the molecule is CCN(c1cc(-c2ccc(N3CCN(C4CCN(Cc5ccccc5NC5CCC(=O)NC5=O)CC4)CC3)cc2)cc(C(=O)NCc2c(C)cc(C)[nH]c2=O)c1C)C1CCOCC1. The van der Waals surface area contributed by atoms with Gasteiger partial charge in [-0.3, -0.25) is 34.3 Å². The van der Waals surface area contributed by atoms with Crippen LogP contribution in [0.1, 0.15) is 83.8 Å². The van der Waals surface area contributed by atoms with E-state index in [1.54, 1.807) is 0 Å². The molecule has 13 heteroatoms. The highest BCUT2D eigenvalue weighted by molar-refractivity contribution is 6.01. The summed E-state index contributed by atoms with van der Waals surface area (Å²) in [6.07, 6.45) is 5.01. The molecule has 4 aliphatic rings. The molecule has 63 heavy (non-hydrogen) atoms. The van der Waals surface area contributed by atoms with Crippen molar-refractivity contribution in [1.29, 1.82) is 0 Å². The first-order chi connectivity index (χ1) is 30.5. The van der Waals surface area contributed by atoms with E-state index < -0.39 is 6.04 Å². The van der Waals surface area contributed by atoms with E-state index in [0.29, 0.717) is 36.1 Å². The minimum atomic E-state index is -0.393. The van der Waals surface area contributed by atoms with Crippen LogP contribution in [0.3, 0.4) is 0 Å². The van der Waals surface area contributed by atoms with Crippen molar-refractivity contribution < 1.29 is 19.1 Å². The first kappa shape index (κ1) is 44.1. The zero-order chi connectivity index (χ0) is 44.0. The topological polar surface area (TPSA) is 142 Å². The lowest BCUT2D eigenvalue weighted by Crippen LogP contribution is -2.53. The molecule has 1 atom stereocenters. The van der Waals surface area contributed by atoms with Crippen LogP contribution in [0, 0.1) is 20.8 Å². The smallest absolute Gasteiger partial charge is 0.253 e. The van der Waals surface area contributed by atoms with Crippen molar-refractivity contribution in [1.82, 2.24) is 25.4 Å². The number of hydrogen-bond acceptors (Lipinski definition) is 10. The number of carbonyl (C=O) groups is 3. The monoisotopic (exact) mass is 856 g/mol. The Kier molecular flexibility index (Phi) is 13.9. The maximum atomic E-state index is 14.0. The van der Waals surface area contributed by atoms with Crippen molar-refractivity contribution in [2.45, 2.75) is 97.4 Å². The third-order valence-electron chi connectivity index (χ3n) is 13.8. The van der Waals surface area contributed by atoms with Gasteiger partial charge in [-0.25, -0.2) is 0 Å². The molecule has 0 bridgehead atoms. The molecule has 0 radical (unpaired) electrons. The molecular formula is C50H64N8O5. The van der Waals surface area contributed by atoms with E-state index in [1.165, 1.54) is 11.3 Å². The molecule has 4 N–H and O–H groups in total. The van der Waals surface area contributed by atoms with E-state index >= 15 is 0 Å². The average Bonchev–Trinajstić information content (AvgIpc) is 3.29. The molecule has 0 saturated carbocycles. The number of H-pyrrole nitrogens is 1. The van der Waals surface area contributed by atoms with Gasteiger partial charge in [-0.1, -0.05) is 30.3 Å². The number of aromatic nitrogens is 1. The zero-order valence-electron chi connectivity index (χ0n) is 37.4. The summed E-state index contributed by atoms with van der Waals surface area (Å²) in [6.45, 7) is 17.3. The van der Waals surface area contributed by atoms with Gasteiger partial charge in [0.05, 0.1) is 0 Å². The molecule has 13 nitrogen and oxygen atoms in total. The van der Waals surface area contributed by atoms with Crippen molar-refractivity contribution in [2.24, 2.45) is 0 Å². The lowest BCUT2D eigenvalue weighted by atomic mass is 9.95. The number of rotatable bonds is 13. The van der Waals surface area contributed by atoms with E-state index in [1.807, 2.05) is 45.0 Å². The summed E-state index contributed by atoms with van der Waals surface area (Å²) in [6, 6.07) is 23.7. The van der Waals surface area contributed by atoms with Crippen LogP contribution in [0.4, 0.5) is 17.1 Å². The number of carbonyl (C=O) groups excluding carboxylic acids is 3. The summed E-state index contributed by atoms with van der Waals surface area (Å²) in [7, 11) is 0. The van der Waals surface area contributed by atoms with E-state index in [2.05, 4.69) is 89.9 Å². The Morgan fingerprint density at radius 1 is 0.841 bits per heavy atom. The molecule has 8 rings (SSSR count). The molecule has 4 fully saturated rings. The summed E-state index contributed by atoms with van der Waals surface area (Å²) in [5.74, 6) is -0.640. The number of piperazine rings is 1. The van der Waals surface area contributed by atoms with Crippen molar-refractivity contribution in [3.8, 4) is 11.1 Å². The number of amides is 3. The fourth-order valence-electron chi connectivity index (χ4n) is 10.1. The summed E-state index contributed by atoms with van der Waals surface area (Å²) in [4.78, 5) is 63.9. The second-order valence-electron chi connectivity index (χ2n) is 17.8. The number of aryl methyl sites for hydroxylation is 2. The highest BCUT2D eigenvalue weighted by atomic mass is 16.5. The number of nitrogens with one attached hydrogen (secondary N) is 4. The number of ether oxygens (including phenoxy) is 1. The predicted octanol–water partition coefficient (Wildman–Crippen LogP) is 5.91. The molecule has 4 saturated heterocycles. The van der Waals surface area contributed by atoms with Crippen LogP contribution in [-0.2, 0) is 27.4 Å². The third-order valence-corrected chi connectivity index (χ3v) is 13.8. The normalized spacial score (nSPS) is 19.5. The molecule has 5 heterocycles. The predicted molar refractivity (Wildman–Crippen MR) is 250 cm³/mol. The molecular weight excluding hydrogens is 793 g/mol. The molecule has 0 aliphatic carbocycles. The molecule has 1 aromatic heterocycles. The van der Waals surface area contributed by atoms with Gasteiger partial charge in [0.1, 0.15) is 6.04 Å². The van der Waals surface area contributed by atoms with Crippen molar-refractivity contribution in [3.63, 3.8) is 0 Å². The molecule has 4 aromatic rings. The largest absolute Gasteiger partial charge is 0.381 e. The first-order valence-corrected chi connectivity index (χ1v) is 23.0. The fourth-order valence-corrected chi connectivity index (χ4v) is 10.1. The minimum Gasteiger partial charge on any atom is -0.381 e. The Hall–Kier alpha value is -5.50. The molecule has 3 aromatic carbocycles. The van der Waals surface area contributed by atoms with E-state index in [0.717, 1.165) is 131 Å². The van der Waals surface area contributed by atoms with Gasteiger partial charge in [0.2, 0.25) is 11.8 Å². The number of para-hydroxylation sites is 1. The van der Waals surface area contributed by atoms with Gasteiger partial charge in [-0.05, 0) is 137 Å². The van der Waals surface area contributed by atoms with Crippen LogP contribution >= 0.6 is 0 Å². The molecule has 4 aliphatic heterocycles. The Labute approximate surface area is 371 Å². The lowest BCUT2D eigenvalue weighted by Gasteiger charge is -2.43. The van der Waals surface area contributed by atoms with Crippen molar-refractivity contribution in [2.75, 3.05) is 74.1 Å². The Balaban J connectivity index is 0.898. The summed E-state index contributed by atoms with van der Waals surface area (Å²) < 4.78 is 5.72. The number of imide groups is 1. The fraction of sp³-hybridized carbons (Fsp3) is 0.480. The van der Waals surface area contributed by atoms with E-state index in [-0.39, 0.29) is 29.8 Å². The molecule has 3 amide bonds. The van der Waals surface area contributed by atoms with Gasteiger partial charge in [0, 0.05) is 111 Å². The number of anilines is 3. The molecule has 1 unspecified atom stereocenters. The van der Waals surface area contributed by atoms with Crippen LogP contribution in [0.5, 0.6) is 0 Å². The van der Waals surface area contributed by atoms with Crippen LogP contribution in [0.25, 0.3) is 11.1 Å². The van der Waals surface area contributed by atoms with Crippen LogP contribution in [0.2, 0.25) is 0 Å². The number of piperidine rings is 2. The molecule has 0 spiro atoms. The number of pyridine rings is 1. The lowest BCUT2D eigenvalue weighted by molar-refractivity contribution is -0.133. The summed E-state index contributed by atoms with van der Waals surface area (Å²) in [5, 5.41) is 8.94. The summed E-state index contributed by atoms with van der Waals surface area (Å²) >= 11 is 0. The Bertz CT molecular complexity index is 2320. The summed E-state index contributed by atoms with van der Waals surface area (Å²) in [5.41, 5.74) is 10.1. The van der Waals surface area contributed by atoms with E-state index in [9.17, 15) is 19.2 Å². The van der Waals surface area contributed by atoms with Gasteiger partial charge in [-0.2, -0.15) is 0 Å². The molecule has 334 valence electrons. The van der Waals surface area contributed by atoms with Gasteiger partial charge >= 0.3 is 0 Å². The Morgan fingerprint density at radius 2 is 1.57 bits per heavy atom. The standard InChI is InChI=1S/C50H64N8O5/c1-5-58(41-18-26-63-27-19-41)46-30-38(29-42(35(46)4)48(60)51-31-43-33(2)28-34(3)52-49(43)61)36-10-12-39(13-11-36)56-22-24-57(25-23-56)40-16-20-55(21-17-40)32-37-8-6-7-9-44(37)53-45-14-15-47(59)54-50(45)62/h6-13,28-30,40-41,45,53H,5,14-27,31-32H2,1-4H3,(H,51,60)(H,52,61)(H,54,59,62). The van der Waals surface area contributed by atoms with E-state index in [4.69, 9.17) is 4.74 Å². The van der Waals surface area contributed by atoms with Crippen LogP contribution < -0.4 is 31.3 Å². The first-order valence-electron chi connectivity index (χ1n) is 23.0. The van der Waals surface area contributed by atoms with Gasteiger partial charge in [-0.15, -0.1) is 0 Å². The number of benzene rings is 3. The number of hydrogen-bond donors (Lipinski definition) is 4. The minimum absolute atomic E-state index is 0.153. The third kappa shape index (κ3) is 10.3. The van der Waals surface area contributed by atoms with Gasteiger partial charge in [0.15, 0.2) is 0 Å². The second kappa shape index (κ2) is 19.9. The Morgan fingerprint density at radius 3 is 2.27 bits per heavy atom. The van der Waals surface area contributed by atoms with Crippen LogP contribution in [0.15, 0.2) is 71.5 Å². The quantitative estimate of drug-likeness (QED) is 0.120. The number of aromatic amines is 1. The maximum absolute atomic E-state index is 14.0. The van der Waals surface area contributed by atoms with Crippen molar-refractivity contribution >= 4 is 34.8 Å². The number of nitrogens with zero attached hydrogens (tertiary/aromatic N) is 4.